The van der Waals surface area contributed by atoms with Gasteiger partial charge in [-0.05, 0) is 157 Å². The molecule has 0 nitrogen and oxygen atoms in total. The first-order valence-corrected chi connectivity index (χ1v) is 49.8. The van der Waals surface area contributed by atoms with Gasteiger partial charge in [-0.15, -0.1) is 0 Å². The predicted octanol–water partition coefficient (Wildman–Crippen LogP) is 21.5. The van der Waals surface area contributed by atoms with Crippen LogP contribution in [0.15, 0.2) is 0 Å². The van der Waals surface area contributed by atoms with E-state index >= 15 is 0 Å². The minimum atomic E-state index is 1.48. The fraction of sp³-hybridized carbons (Fsp3) is 0. The second-order valence-electron chi connectivity index (χ2n) is 2.19. The molecule has 0 heterocycles. The second-order valence-corrected chi connectivity index (χ2v) is 59.1. The van der Waals surface area contributed by atoms with Gasteiger partial charge in [0.05, 0.1) is 0 Å². The second kappa shape index (κ2) is 44.9. The predicted molar refractivity (Wildman–Crippen MR) is 261 cm³/mol. The highest BCUT2D eigenvalue weighted by Crippen LogP contribution is 2.67. The van der Waals surface area contributed by atoms with Gasteiger partial charge in [0.15, 0.2) is 0 Å². The molecule has 0 aromatic carbocycles. The van der Waals surface area contributed by atoms with Crippen molar-refractivity contribution in [3.63, 3.8) is 0 Å². The Hall–Kier alpha value is 11.9. The first-order chi connectivity index (χ1) is 16.9. The monoisotopic (exact) mass is 1090 g/mol. The van der Waals surface area contributed by atoms with E-state index in [1.807, 2.05) is 197 Å². The highest BCUT2D eigenvalue weighted by Gasteiger charge is 2.02. The van der Waals surface area contributed by atoms with E-state index in [-0.39, 0.29) is 0 Å². The van der Waals surface area contributed by atoms with Crippen LogP contribution in [0.5, 0.6) is 0 Å². The molecule has 34 heavy (non-hydrogen) atoms. The van der Waals surface area contributed by atoms with Crippen LogP contribution in [-0.4, -0.2) is 0 Å². The Labute approximate surface area is 329 Å². The third-order valence-electron chi connectivity index (χ3n) is 0.866. The summed E-state index contributed by atoms with van der Waals surface area (Å²) in [5.74, 6) is 0. The van der Waals surface area contributed by atoms with E-state index in [1.54, 1.807) is 98.3 Å². The van der Waals surface area contributed by atoms with E-state index < -0.39 is 0 Å². The summed E-state index contributed by atoms with van der Waals surface area (Å²) in [7, 11) is 57.0. The van der Waals surface area contributed by atoms with Crippen LogP contribution in [0.4, 0.5) is 0 Å². The number of hydrogen-bond acceptors (Lipinski definition) is 34. The van der Waals surface area contributed by atoms with Gasteiger partial charge < -0.3 is 0 Å². The molecule has 0 amide bonds. The van der Waals surface area contributed by atoms with Crippen molar-refractivity contribution in [2.75, 3.05) is 0 Å². The quantitative estimate of drug-likeness (QED) is 0.0384. The number of rotatable bonds is 31. The Balaban J connectivity index is 2.99. The maximum atomic E-state index is 4.08. The molecule has 0 aromatic rings. The molecule has 0 rings (SSSR count). The van der Waals surface area contributed by atoms with Crippen LogP contribution in [0, 0.1) is 0 Å². The fourth-order valence-corrected chi connectivity index (χ4v) is 83.2. The van der Waals surface area contributed by atoms with E-state index in [9.17, 15) is 0 Å². The smallest absolute Gasteiger partial charge is 0 e. The Morgan fingerprint density at radius 3 is 0.324 bits per heavy atom. The van der Waals surface area contributed by atoms with Gasteiger partial charge in [-0.2, -0.15) is 0 Å². The summed E-state index contributed by atoms with van der Waals surface area (Å²) >= 11 is 8.15. The standard InChI is InChI=1S/H2S34/c1-3-5-7-9-11-13-15-17-19-21-23-25-27-29-31-33-34-32-30-28-26-24-22-20-18-16-14-12-10-8-6-4-2/h1-2H. The van der Waals surface area contributed by atoms with E-state index in [4.69, 9.17) is 0 Å². The highest BCUT2D eigenvalue weighted by molar-refractivity contribution is 9.61. The molecule has 0 aliphatic heterocycles. The van der Waals surface area contributed by atoms with Gasteiger partial charge in [-0.3, -0.25) is 0 Å². The molecule has 0 unspecified atom stereocenters. The average molecular weight is 1090 g/mol. The molecule has 34 heteroatoms. The van der Waals surface area contributed by atoms with Crippen molar-refractivity contribution in [1.82, 2.24) is 0 Å². The van der Waals surface area contributed by atoms with Crippen molar-refractivity contribution in [2.45, 2.75) is 0 Å². The third kappa shape index (κ3) is 43.9. The lowest BCUT2D eigenvalue weighted by Crippen LogP contribution is -1.34. The summed E-state index contributed by atoms with van der Waals surface area (Å²) in [5, 5.41) is 0. The molecule has 0 aliphatic carbocycles. The van der Waals surface area contributed by atoms with Crippen LogP contribution >= 0.6 is 338 Å². The Kier molecular flexibility index (Phi) is 60.6. The third-order valence-corrected chi connectivity index (χ3v) is 70.2. The van der Waals surface area contributed by atoms with Crippen LogP contribution in [0.3, 0.4) is 0 Å². The van der Waals surface area contributed by atoms with E-state index in [1.165, 1.54) is 19.7 Å². The Morgan fingerprint density at radius 1 is 0.147 bits per heavy atom. The zero-order valence-electron chi connectivity index (χ0n) is 14.0. The molecule has 0 aliphatic rings. The first-order valence-electron chi connectivity index (χ1n) is 5.53. The van der Waals surface area contributed by atoms with Gasteiger partial charge in [0, 0.05) is 157 Å². The molecule has 0 spiro atoms. The summed E-state index contributed by atoms with van der Waals surface area (Å²) in [6.07, 6.45) is 0. The molecule has 0 bridgehead atoms. The number of hydrogen-bond donors (Lipinski definition) is 2. The largest absolute Gasteiger partial charge is 0.0988 e. The van der Waals surface area contributed by atoms with E-state index in [0.717, 1.165) is 0 Å². The minimum Gasteiger partial charge on any atom is -0.0988 e. The van der Waals surface area contributed by atoms with Crippen molar-refractivity contribution in [3.8, 4) is 0 Å². The van der Waals surface area contributed by atoms with Crippen LogP contribution in [-0.2, 0) is 0 Å². The molecule has 0 aromatic heterocycles. The summed E-state index contributed by atoms with van der Waals surface area (Å²) in [4.78, 5) is 0. The summed E-state index contributed by atoms with van der Waals surface area (Å²) < 4.78 is 0. The molecule has 0 N–H and O–H groups in total. The highest BCUT2D eigenvalue weighted by atomic mass is 34.1. The van der Waals surface area contributed by atoms with Gasteiger partial charge >= 0.3 is 0 Å². The maximum absolute atomic E-state index is 4.08. The van der Waals surface area contributed by atoms with Crippen molar-refractivity contribution in [1.29, 1.82) is 0 Å². The first kappa shape index (κ1) is 45.9. The molecule has 0 fully saturated rings. The zero-order chi connectivity index (χ0) is 24.6. The SMILES string of the molecule is SSSSSSSSSSSSSSSSSSSSSSSSSSSSSSSSSS. The molecule has 206 valence electrons. The topological polar surface area (TPSA) is 0 Å². The summed E-state index contributed by atoms with van der Waals surface area (Å²) in [6.45, 7) is 0. The lowest BCUT2D eigenvalue weighted by atomic mass is 30.1. The Bertz CT molecular complexity index is 288. The molecule has 0 atom stereocenters. The van der Waals surface area contributed by atoms with Gasteiger partial charge in [0.2, 0.25) is 0 Å². The maximum Gasteiger partial charge on any atom is 0 e. The molecular weight excluding hydrogens is 1090 g/mol. The van der Waals surface area contributed by atoms with Gasteiger partial charge in [0.1, 0.15) is 0 Å². The van der Waals surface area contributed by atoms with Crippen molar-refractivity contribution < 1.29 is 0 Å². The molecule has 0 radical (unpaired) electrons. The van der Waals surface area contributed by atoms with Crippen molar-refractivity contribution in [2.24, 2.45) is 0 Å². The van der Waals surface area contributed by atoms with E-state index in [2.05, 4.69) is 23.3 Å². The lowest BCUT2D eigenvalue weighted by molar-refractivity contribution is 5.60. The average Bonchev–Trinajstić information content (AvgIpc) is 2.85. The minimum absolute atomic E-state index is 1.48. The van der Waals surface area contributed by atoms with Crippen LogP contribution < -0.4 is 0 Å². The van der Waals surface area contributed by atoms with Gasteiger partial charge in [0.25, 0.3) is 0 Å². The van der Waals surface area contributed by atoms with Crippen molar-refractivity contribution >= 4 is 338 Å². The van der Waals surface area contributed by atoms with Crippen LogP contribution in [0.1, 0.15) is 0 Å². The zero-order valence-corrected chi connectivity index (χ0v) is 41.9. The molecule has 0 saturated heterocycles. The number of thiol groups is 2. The van der Waals surface area contributed by atoms with Crippen molar-refractivity contribution in [3.05, 3.63) is 0 Å². The Morgan fingerprint density at radius 2 is 0.235 bits per heavy atom. The lowest BCUT2D eigenvalue weighted by Gasteiger charge is -1.99. The summed E-state index contributed by atoms with van der Waals surface area (Å²) in [5.41, 5.74) is 0. The van der Waals surface area contributed by atoms with Crippen LogP contribution in [0.25, 0.3) is 0 Å². The molecule has 0 saturated carbocycles. The molecular formula is H2S34. The normalized spacial score (nSPS) is 11.5. The van der Waals surface area contributed by atoms with Gasteiger partial charge in [-0.25, -0.2) is 0 Å². The summed E-state index contributed by atoms with van der Waals surface area (Å²) in [6, 6.07) is 0. The van der Waals surface area contributed by atoms with E-state index in [0.29, 0.717) is 0 Å². The fourth-order valence-electron chi connectivity index (χ4n) is 0.342. The van der Waals surface area contributed by atoms with Gasteiger partial charge in [-0.1, -0.05) is 23.3 Å². The van der Waals surface area contributed by atoms with Crippen LogP contribution in [0.2, 0.25) is 0 Å².